The van der Waals surface area contributed by atoms with E-state index in [4.69, 9.17) is 18.9 Å². The second kappa shape index (κ2) is 9.75. The van der Waals surface area contributed by atoms with Crippen molar-refractivity contribution in [2.24, 2.45) is 0 Å². The maximum atomic E-state index is 13.0. The number of Topliss-reactive ketones (excluding diaryl/α,β-unsaturated/α-hetero) is 1. The minimum absolute atomic E-state index is 0.132. The molecular weight excluding hydrogens is 398 g/mol. The summed E-state index contributed by atoms with van der Waals surface area (Å²) in [5.41, 5.74) is 1.71. The second-order valence-corrected chi connectivity index (χ2v) is 7.57. The van der Waals surface area contributed by atoms with Crippen molar-refractivity contribution in [3.05, 3.63) is 46.7 Å². The van der Waals surface area contributed by atoms with Crippen LogP contribution in [0, 0.1) is 0 Å². The van der Waals surface area contributed by atoms with Crippen LogP contribution in [0.1, 0.15) is 41.3 Å². The number of fused-ring (bicyclic) bond motifs is 1. The fourth-order valence-corrected chi connectivity index (χ4v) is 3.64. The van der Waals surface area contributed by atoms with Gasteiger partial charge in [0.15, 0.2) is 23.0 Å². The van der Waals surface area contributed by atoms with E-state index in [0.29, 0.717) is 46.2 Å². The molecule has 2 aromatic carbocycles. The molecule has 7 nitrogen and oxygen atoms in total. The van der Waals surface area contributed by atoms with E-state index >= 15 is 0 Å². The molecule has 1 atom stereocenters. The Bertz CT molecular complexity index is 998. The summed E-state index contributed by atoms with van der Waals surface area (Å²) in [6.07, 6.45) is 3.81. The highest BCUT2D eigenvalue weighted by Crippen LogP contribution is 2.41. The number of carbonyl (C=O) groups excluding carboxylic acids is 1. The van der Waals surface area contributed by atoms with E-state index in [-0.39, 0.29) is 17.3 Å². The molecule has 0 saturated carbocycles. The molecule has 7 heteroatoms. The quantitative estimate of drug-likeness (QED) is 0.598. The zero-order chi connectivity index (χ0) is 22.5. The number of unbranched alkanes of at least 4 members (excludes halogenated alkanes) is 1. The molecule has 2 aromatic rings. The monoisotopic (exact) mass is 428 g/mol. The van der Waals surface area contributed by atoms with Gasteiger partial charge in [0.25, 0.3) is 0 Å². The molecule has 31 heavy (non-hydrogen) atoms. The van der Waals surface area contributed by atoms with Gasteiger partial charge < -0.3 is 29.0 Å². The maximum Gasteiger partial charge on any atom is 0.231 e. The Hall–Kier alpha value is -3.19. The summed E-state index contributed by atoms with van der Waals surface area (Å²) in [5.74, 6) is 2.03. The van der Waals surface area contributed by atoms with Gasteiger partial charge in [-0.15, -0.1) is 0 Å². The Kier molecular flexibility index (Phi) is 7.07. The average molecular weight is 429 g/mol. The zero-order valence-electron chi connectivity index (χ0n) is 18.7. The lowest BCUT2D eigenvalue weighted by molar-refractivity contribution is -0.894. The van der Waals surface area contributed by atoms with E-state index in [0.717, 1.165) is 19.4 Å². The highest BCUT2D eigenvalue weighted by atomic mass is 16.5. The number of hydrogen-bond acceptors (Lipinski definition) is 6. The Labute approximate surface area is 182 Å². The van der Waals surface area contributed by atoms with Gasteiger partial charge in [0.2, 0.25) is 5.78 Å². The van der Waals surface area contributed by atoms with Gasteiger partial charge in [-0.1, -0.05) is 13.3 Å². The molecule has 0 spiro atoms. The number of allylic oxidation sites excluding steroid dienone is 1. The first-order valence-electron chi connectivity index (χ1n) is 10.3. The molecule has 0 aromatic heterocycles. The van der Waals surface area contributed by atoms with Crippen molar-refractivity contribution in [1.82, 2.24) is 0 Å². The molecule has 1 aliphatic rings. The van der Waals surface area contributed by atoms with E-state index in [1.54, 1.807) is 51.7 Å². The zero-order valence-corrected chi connectivity index (χ0v) is 18.7. The number of quaternary nitrogens is 1. The van der Waals surface area contributed by atoms with Crippen LogP contribution >= 0.6 is 0 Å². The van der Waals surface area contributed by atoms with E-state index in [9.17, 15) is 9.90 Å². The minimum atomic E-state index is -0.237. The Balaban J connectivity index is 1.98. The number of benzene rings is 2. The smallest absolute Gasteiger partial charge is 0.231 e. The number of carbonyl (C=O) groups is 1. The first-order valence-corrected chi connectivity index (χ1v) is 10.3. The van der Waals surface area contributed by atoms with Crippen LogP contribution in [-0.2, 0) is 6.54 Å². The van der Waals surface area contributed by atoms with Gasteiger partial charge in [-0.25, -0.2) is 0 Å². The van der Waals surface area contributed by atoms with E-state index in [2.05, 4.69) is 14.0 Å². The summed E-state index contributed by atoms with van der Waals surface area (Å²) < 4.78 is 22.1. The van der Waals surface area contributed by atoms with Crippen molar-refractivity contribution < 1.29 is 33.7 Å². The van der Waals surface area contributed by atoms with Gasteiger partial charge in [-0.3, -0.25) is 4.79 Å². The third-order valence-corrected chi connectivity index (χ3v) is 5.37. The molecule has 166 valence electrons. The summed E-state index contributed by atoms with van der Waals surface area (Å²) in [6.45, 7) is 3.68. The number of rotatable bonds is 9. The first kappa shape index (κ1) is 22.5. The van der Waals surface area contributed by atoms with Crippen molar-refractivity contribution in [3.63, 3.8) is 0 Å². The summed E-state index contributed by atoms with van der Waals surface area (Å²) >= 11 is 0. The maximum absolute atomic E-state index is 13.0. The molecule has 2 N–H and O–H groups in total. The average Bonchev–Trinajstić information content (AvgIpc) is 3.09. The molecule has 1 unspecified atom stereocenters. The van der Waals surface area contributed by atoms with Gasteiger partial charge in [-0.05, 0) is 30.7 Å². The van der Waals surface area contributed by atoms with Gasteiger partial charge in [0.1, 0.15) is 18.0 Å². The third-order valence-electron chi connectivity index (χ3n) is 5.37. The van der Waals surface area contributed by atoms with Crippen molar-refractivity contribution >= 4 is 11.9 Å². The topological polar surface area (TPSA) is 78.7 Å². The Morgan fingerprint density at radius 3 is 2.39 bits per heavy atom. The van der Waals surface area contributed by atoms with E-state index < -0.39 is 0 Å². The van der Waals surface area contributed by atoms with E-state index in [1.807, 2.05) is 0 Å². The van der Waals surface area contributed by atoms with Crippen LogP contribution in [0.3, 0.4) is 0 Å². The fourth-order valence-electron chi connectivity index (χ4n) is 3.64. The normalized spacial score (nSPS) is 14.9. The Morgan fingerprint density at radius 2 is 1.74 bits per heavy atom. The highest BCUT2D eigenvalue weighted by Gasteiger charge is 2.32. The number of ketones is 1. The summed E-state index contributed by atoms with van der Waals surface area (Å²) in [4.78, 5) is 14.3. The van der Waals surface area contributed by atoms with Crippen molar-refractivity contribution in [3.8, 4) is 28.7 Å². The highest BCUT2D eigenvalue weighted by molar-refractivity contribution is 6.15. The number of phenolic OH excluding ortho intramolecular Hbond substituents is 1. The molecule has 0 aliphatic carbocycles. The molecule has 0 bridgehead atoms. The predicted molar refractivity (Wildman–Crippen MR) is 118 cm³/mol. The molecule has 0 fully saturated rings. The van der Waals surface area contributed by atoms with Crippen LogP contribution < -0.4 is 23.8 Å². The number of methoxy groups -OCH3 is 3. The lowest BCUT2D eigenvalue weighted by Crippen LogP contribution is -3.07. The minimum Gasteiger partial charge on any atom is -0.507 e. The van der Waals surface area contributed by atoms with Crippen LogP contribution in [-0.4, -0.2) is 45.8 Å². The molecule has 0 radical (unpaired) electrons. The third kappa shape index (κ3) is 4.61. The SMILES string of the molecule is CCCC[NH+](C)Cc1c(O)ccc2c1O/C(=C\c1cc(OC)c(OC)cc1OC)C2=O. The number of hydrogen-bond donors (Lipinski definition) is 2. The fraction of sp³-hybridized carbons (Fsp3) is 0.375. The first-order chi connectivity index (χ1) is 14.9. The molecular formula is C24H30NO6+. The van der Waals surface area contributed by atoms with Crippen molar-refractivity contribution in [2.75, 3.05) is 34.9 Å². The van der Waals surface area contributed by atoms with Crippen molar-refractivity contribution in [1.29, 1.82) is 0 Å². The van der Waals surface area contributed by atoms with Gasteiger partial charge in [0.05, 0.1) is 46.0 Å². The molecule has 1 heterocycles. The van der Waals surface area contributed by atoms with Gasteiger partial charge >= 0.3 is 0 Å². The van der Waals surface area contributed by atoms with Crippen LogP contribution in [0.5, 0.6) is 28.7 Å². The molecule has 1 aliphatic heterocycles. The van der Waals surface area contributed by atoms with Crippen molar-refractivity contribution in [2.45, 2.75) is 26.3 Å². The summed E-state index contributed by atoms with van der Waals surface area (Å²) in [7, 11) is 6.70. The molecule has 0 amide bonds. The standard InChI is InChI=1S/C24H29NO6/c1-6-7-10-25(2)14-17-18(26)9-8-16-23(27)22(31-24(16)17)12-15-11-20(29-4)21(30-5)13-19(15)28-3/h8-9,11-13,26H,6-7,10,14H2,1-5H3/p+1/b22-12-. The lowest BCUT2D eigenvalue weighted by Gasteiger charge is -2.16. The number of aromatic hydroxyl groups is 1. The Morgan fingerprint density at radius 1 is 1.06 bits per heavy atom. The summed E-state index contributed by atoms with van der Waals surface area (Å²) in [6, 6.07) is 6.58. The number of phenols is 1. The van der Waals surface area contributed by atoms with Gasteiger partial charge in [-0.2, -0.15) is 0 Å². The predicted octanol–water partition coefficient (Wildman–Crippen LogP) is 2.85. The number of ether oxygens (including phenoxy) is 4. The van der Waals surface area contributed by atoms with E-state index in [1.165, 1.54) is 4.90 Å². The van der Waals surface area contributed by atoms with Crippen LogP contribution in [0.25, 0.3) is 6.08 Å². The lowest BCUT2D eigenvalue weighted by atomic mass is 10.0. The van der Waals surface area contributed by atoms with Crippen LogP contribution in [0.2, 0.25) is 0 Å². The van der Waals surface area contributed by atoms with Crippen LogP contribution in [0.4, 0.5) is 0 Å². The second-order valence-electron chi connectivity index (χ2n) is 7.57. The van der Waals surface area contributed by atoms with Gasteiger partial charge in [0, 0.05) is 11.6 Å². The van der Waals surface area contributed by atoms with Crippen LogP contribution in [0.15, 0.2) is 30.0 Å². The number of nitrogens with one attached hydrogen (secondary N) is 1. The molecule has 0 saturated heterocycles. The molecule has 3 rings (SSSR count). The summed E-state index contributed by atoms with van der Waals surface area (Å²) in [5, 5.41) is 10.4. The largest absolute Gasteiger partial charge is 0.507 e.